The van der Waals surface area contributed by atoms with E-state index < -0.39 is 0 Å². The van der Waals surface area contributed by atoms with Crippen LogP contribution in [0, 0.1) is 13.8 Å². The van der Waals surface area contributed by atoms with E-state index in [-0.39, 0.29) is 0 Å². The summed E-state index contributed by atoms with van der Waals surface area (Å²) < 4.78 is 0. The average molecular weight is 192 g/mol. The maximum absolute atomic E-state index is 4.71. The molecule has 0 amide bonds. The van der Waals surface area contributed by atoms with Crippen LogP contribution in [0.2, 0.25) is 0 Å². The van der Waals surface area contributed by atoms with Gasteiger partial charge in [-0.3, -0.25) is 9.97 Å². The minimum atomic E-state index is 0.459. The molecule has 78 valence electrons. The van der Waals surface area contributed by atoms with Gasteiger partial charge in [0.2, 0.25) is 0 Å². The maximum Gasteiger partial charge on any atom is 0.0644 e. The van der Waals surface area contributed by atoms with Gasteiger partial charge in [-0.15, -0.1) is 0 Å². The van der Waals surface area contributed by atoms with Gasteiger partial charge in [0.1, 0.15) is 0 Å². The van der Waals surface area contributed by atoms with Crippen molar-refractivity contribution in [2.75, 3.05) is 0 Å². The summed E-state index contributed by atoms with van der Waals surface area (Å²) in [6.45, 7) is 12.7. The third kappa shape index (κ3) is 2.11. The molecule has 1 aromatic rings. The molecule has 0 aliphatic carbocycles. The first-order valence-corrected chi connectivity index (χ1v) is 5.28. The van der Waals surface area contributed by atoms with Crippen molar-refractivity contribution in [1.29, 1.82) is 0 Å². The van der Waals surface area contributed by atoms with Crippen molar-refractivity contribution in [3.8, 4) is 0 Å². The van der Waals surface area contributed by atoms with Crippen molar-refractivity contribution < 1.29 is 0 Å². The Hall–Kier alpha value is -0.920. The third-order valence-electron chi connectivity index (χ3n) is 2.41. The Morgan fingerprint density at radius 2 is 1.07 bits per heavy atom. The predicted octanol–water partition coefficient (Wildman–Crippen LogP) is 3.34. The highest BCUT2D eigenvalue weighted by Gasteiger charge is 2.12. The van der Waals surface area contributed by atoms with Gasteiger partial charge >= 0.3 is 0 Å². The summed E-state index contributed by atoms with van der Waals surface area (Å²) in [5.41, 5.74) is 4.42. The van der Waals surface area contributed by atoms with Crippen molar-refractivity contribution in [2.45, 2.75) is 53.4 Å². The van der Waals surface area contributed by atoms with Gasteiger partial charge in [-0.05, 0) is 25.7 Å². The van der Waals surface area contributed by atoms with E-state index in [1.54, 1.807) is 0 Å². The second kappa shape index (κ2) is 4.07. The Bertz CT molecular complexity index is 298. The van der Waals surface area contributed by atoms with Crippen LogP contribution in [-0.2, 0) is 0 Å². The molecule has 0 spiro atoms. The number of hydrogen-bond donors (Lipinski definition) is 0. The zero-order valence-electron chi connectivity index (χ0n) is 10.0. The summed E-state index contributed by atoms with van der Waals surface area (Å²) in [7, 11) is 0. The fourth-order valence-corrected chi connectivity index (χ4v) is 1.75. The van der Waals surface area contributed by atoms with Gasteiger partial charge in [0.15, 0.2) is 0 Å². The van der Waals surface area contributed by atoms with Crippen LogP contribution in [0.4, 0.5) is 0 Å². The van der Waals surface area contributed by atoms with E-state index in [1.165, 1.54) is 0 Å². The minimum Gasteiger partial charge on any atom is -0.255 e. The Morgan fingerprint density at radius 3 is 1.36 bits per heavy atom. The molecule has 0 aromatic carbocycles. The van der Waals surface area contributed by atoms with Crippen LogP contribution < -0.4 is 0 Å². The smallest absolute Gasteiger partial charge is 0.0644 e. The Morgan fingerprint density at radius 1 is 0.714 bits per heavy atom. The van der Waals surface area contributed by atoms with Gasteiger partial charge in [-0.2, -0.15) is 0 Å². The van der Waals surface area contributed by atoms with Crippen molar-refractivity contribution >= 4 is 0 Å². The number of hydrogen-bond acceptors (Lipinski definition) is 2. The highest BCUT2D eigenvalue weighted by atomic mass is 14.8. The third-order valence-corrected chi connectivity index (χ3v) is 2.41. The summed E-state index contributed by atoms with van der Waals surface area (Å²) >= 11 is 0. The predicted molar refractivity (Wildman–Crippen MR) is 59.7 cm³/mol. The van der Waals surface area contributed by atoms with E-state index in [0.717, 1.165) is 22.8 Å². The number of aryl methyl sites for hydroxylation is 2. The maximum atomic E-state index is 4.71. The van der Waals surface area contributed by atoms with E-state index in [9.17, 15) is 0 Å². The first kappa shape index (κ1) is 11.2. The Balaban J connectivity index is 3.27. The molecule has 1 rings (SSSR count). The van der Waals surface area contributed by atoms with Crippen LogP contribution in [0.25, 0.3) is 0 Å². The minimum absolute atomic E-state index is 0.459. The molecule has 0 bridgehead atoms. The monoisotopic (exact) mass is 192 g/mol. The zero-order chi connectivity index (χ0) is 10.9. The molecular formula is C12H20N2. The Kier molecular flexibility index (Phi) is 3.25. The highest BCUT2D eigenvalue weighted by molar-refractivity contribution is 5.22. The van der Waals surface area contributed by atoms with Gasteiger partial charge in [-0.25, -0.2) is 0 Å². The highest BCUT2D eigenvalue weighted by Crippen LogP contribution is 2.21. The summed E-state index contributed by atoms with van der Waals surface area (Å²) in [6.07, 6.45) is 0. The second-order valence-corrected chi connectivity index (χ2v) is 4.47. The molecular weight excluding hydrogens is 172 g/mol. The lowest BCUT2D eigenvalue weighted by molar-refractivity contribution is 0.727. The van der Waals surface area contributed by atoms with E-state index in [1.807, 2.05) is 13.8 Å². The quantitative estimate of drug-likeness (QED) is 0.718. The SMILES string of the molecule is Cc1nc(C)c(C(C)C)nc1C(C)C. The van der Waals surface area contributed by atoms with Crippen molar-refractivity contribution in [1.82, 2.24) is 9.97 Å². The molecule has 2 nitrogen and oxygen atoms in total. The molecule has 0 aliphatic heterocycles. The summed E-state index contributed by atoms with van der Waals surface area (Å²) in [5, 5.41) is 0. The largest absolute Gasteiger partial charge is 0.255 e. The fraction of sp³-hybridized carbons (Fsp3) is 0.667. The molecule has 0 aliphatic rings. The zero-order valence-corrected chi connectivity index (χ0v) is 10.0. The topological polar surface area (TPSA) is 25.8 Å². The molecule has 14 heavy (non-hydrogen) atoms. The normalized spacial score (nSPS) is 11.4. The van der Waals surface area contributed by atoms with Crippen LogP contribution in [0.15, 0.2) is 0 Å². The number of rotatable bonds is 2. The molecule has 1 heterocycles. The molecule has 0 N–H and O–H groups in total. The molecule has 2 heteroatoms. The Labute approximate surface area is 86.8 Å². The lowest BCUT2D eigenvalue weighted by Gasteiger charge is -2.14. The summed E-state index contributed by atoms with van der Waals surface area (Å²) in [4.78, 5) is 9.26. The number of aromatic nitrogens is 2. The van der Waals surface area contributed by atoms with Crippen molar-refractivity contribution in [3.05, 3.63) is 22.8 Å². The summed E-state index contributed by atoms with van der Waals surface area (Å²) in [5.74, 6) is 0.918. The van der Waals surface area contributed by atoms with Gasteiger partial charge in [0.25, 0.3) is 0 Å². The summed E-state index contributed by atoms with van der Waals surface area (Å²) in [6, 6.07) is 0. The molecule has 0 fully saturated rings. The molecule has 0 saturated carbocycles. The molecule has 0 saturated heterocycles. The fourth-order valence-electron chi connectivity index (χ4n) is 1.75. The number of nitrogens with zero attached hydrogens (tertiary/aromatic N) is 2. The molecule has 1 aromatic heterocycles. The molecule has 0 atom stereocenters. The van der Waals surface area contributed by atoms with Gasteiger partial charge < -0.3 is 0 Å². The lowest BCUT2D eigenvalue weighted by Crippen LogP contribution is -2.07. The van der Waals surface area contributed by atoms with E-state index in [4.69, 9.17) is 4.98 Å². The average Bonchev–Trinajstić information content (AvgIpc) is 2.02. The van der Waals surface area contributed by atoms with E-state index in [0.29, 0.717) is 11.8 Å². The standard InChI is InChI=1S/C12H20N2/c1-7(2)11-9(5)13-10(6)12(14-11)8(3)4/h7-8H,1-6H3. The van der Waals surface area contributed by atoms with Gasteiger partial charge in [0.05, 0.1) is 22.8 Å². The van der Waals surface area contributed by atoms with Crippen LogP contribution in [0.1, 0.15) is 62.3 Å². The van der Waals surface area contributed by atoms with Crippen molar-refractivity contribution in [3.63, 3.8) is 0 Å². The van der Waals surface area contributed by atoms with Crippen LogP contribution >= 0.6 is 0 Å². The molecule has 0 radical (unpaired) electrons. The van der Waals surface area contributed by atoms with Crippen LogP contribution in [-0.4, -0.2) is 9.97 Å². The van der Waals surface area contributed by atoms with E-state index >= 15 is 0 Å². The first-order valence-electron chi connectivity index (χ1n) is 5.28. The van der Waals surface area contributed by atoms with Crippen LogP contribution in [0.5, 0.6) is 0 Å². The van der Waals surface area contributed by atoms with Gasteiger partial charge in [0, 0.05) is 0 Å². The van der Waals surface area contributed by atoms with Crippen molar-refractivity contribution in [2.24, 2.45) is 0 Å². The van der Waals surface area contributed by atoms with Gasteiger partial charge in [-0.1, -0.05) is 27.7 Å². The van der Waals surface area contributed by atoms with E-state index in [2.05, 4.69) is 32.7 Å². The van der Waals surface area contributed by atoms with Crippen LogP contribution in [0.3, 0.4) is 0 Å². The molecule has 0 unspecified atom stereocenters. The first-order chi connectivity index (χ1) is 6.43. The second-order valence-electron chi connectivity index (χ2n) is 4.47. The lowest BCUT2D eigenvalue weighted by atomic mass is 10.0.